The maximum absolute atomic E-state index is 11.9. The van der Waals surface area contributed by atoms with Crippen LogP contribution in [-0.2, 0) is 9.59 Å². The van der Waals surface area contributed by atoms with E-state index in [9.17, 15) is 9.59 Å². The van der Waals surface area contributed by atoms with Crippen molar-refractivity contribution in [3.05, 3.63) is 23.8 Å². The number of nitrogens with one attached hydrogen (secondary N) is 1. The van der Waals surface area contributed by atoms with E-state index in [1.165, 1.54) is 0 Å². The highest BCUT2D eigenvalue weighted by Crippen LogP contribution is 2.28. The molecular formula is C13H14N4O2. The van der Waals surface area contributed by atoms with Crippen LogP contribution in [0, 0.1) is 6.92 Å². The van der Waals surface area contributed by atoms with Gasteiger partial charge in [-0.1, -0.05) is 6.07 Å². The van der Waals surface area contributed by atoms with Crippen LogP contribution >= 0.6 is 0 Å². The van der Waals surface area contributed by atoms with E-state index < -0.39 is 6.04 Å². The van der Waals surface area contributed by atoms with Crippen LogP contribution in [-0.4, -0.2) is 21.4 Å². The third-order valence-corrected chi connectivity index (χ3v) is 3.39. The molecule has 0 saturated carbocycles. The molecule has 2 amide bonds. The van der Waals surface area contributed by atoms with Gasteiger partial charge in [-0.15, -0.1) is 0 Å². The van der Waals surface area contributed by atoms with Gasteiger partial charge in [-0.3, -0.25) is 19.5 Å². The number of imidazole rings is 1. The van der Waals surface area contributed by atoms with Crippen molar-refractivity contribution in [2.45, 2.75) is 25.8 Å². The lowest BCUT2D eigenvalue weighted by Crippen LogP contribution is -2.41. The van der Waals surface area contributed by atoms with Gasteiger partial charge in [0, 0.05) is 6.42 Å². The number of imide groups is 1. The Labute approximate surface area is 109 Å². The van der Waals surface area contributed by atoms with Crippen molar-refractivity contribution in [1.82, 2.24) is 14.9 Å². The molecule has 1 fully saturated rings. The predicted octanol–water partition coefficient (Wildman–Crippen LogP) is 0.905. The number of carbonyl (C=O) groups is 2. The molecule has 0 spiro atoms. The maximum atomic E-state index is 11.9. The minimum Gasteiger partial charge on any atom is -0.369 e. The van der Waals surface area contributed by atoms with Gasteiger partial charge >= 0.3 is 0 Å². The summed E-state index contributed by atoms with van der Waals surface area (Å²) in [7, 11) is 0. The number of rotatable bonds is 1. The summed E-state index contributed by atoms with van der Waals surface area (Å²) in [6, 6.07) is 5.31. The van der Waals surface area contributed by atoms with Crippen LogP contribution in [0.3, 0.4) is 0 Å². The number of amides is 2. The molecule has 3 rings (SSSR count). The fraction of sp³-hybridized carbons (Fsp3) is 0.308. The Balaban J connectivity index is 2.14. The van der Waals surface area contributed by atoms with E-state index in [1.807, 2.05) is 25.1 Å². The topological polar surface area (TPSA) is 90.0 Å². The second-order valence-corrected chi connectivity index (χ2v) is 4.80. The number of benzene rings is 1. The SMILES string of the molecule is Cc1ccc2nc(N)n(C3CCC(=O)NC3=O)c2c1. The van der Waals surface area contributed by atoms with Gasteiger partial charge in [0.05, 0.1) is 11.0 Å². The zero-order valence-corrected chi connectivity index (χ0v) is 10.5. The van der Waals surface area contributed by atoms with Crippen LogP contribution in [0.15, 0.2) is 18.2 Å². The summed E-state index contributed by atoms with van der Waals surface area (Å²) in [5.74, 6) is -0.251. The second-order valence-electron chi connectivity index (χ2n) is 4.80. The standard InChI is InChI=1S/C13H14N4O2/c1-7-2-3-8-10(6-7)17(13(14)15-8)9-4-5-11(18)16-12(9)19/h2-3,6,9H,4-5H2,1H3,(H2,14,15)(H,16,18,19). The van der Waals surface area contributed by atoms with E-state index in [0.29, 0.717) is 18.8 Å². The number of carbonyl (C=O) groups excluding carboxylic acids is 2. The normalized spacial score (nSPS) is 19.7. The molecule has 0 bridgehead atoms. The van der Waals surface area contributed by atoms with Crippen molar-refractivity contribution in [2.24, 2.45) is 0 Å². The molecule has 1 aromatic heterocycles. The molecule has 2 heterocycles. The first-order valence-corrected chi connectivity index (χ1v) is 6.14. The molecule has 2 aromatic rings. The lowest BCUT2D eigenvalue weighted by atomic mass is 10.1. The van der Waals surface area contributed by atoms with Crippen molar-refractivity contribution >= 4 is 28.8 Å². The highest BCUT2D eigenvalue weighted by Gasteiger charge is 2.30. The van der Waals surface area contributed by atoms with Crippen molar-refractivity contribution < 1.29 is 9.59 Å². The summed E-state index contributed by atoms with van der Waals surface area (Å²) in [6.07, 6.45) is 0.773. The molecule has 1 unspecified atom stereocenters. The molecule has 6 heteroatoms. The van der Waals surface area contributed by atoms with Gasteiger partial charge in [-0.2, -0.15) is 0 Å². The summed E-state index contributed by atoms with van der Waals surface area (Å²) in [4.78, 5) is 27.4. The van der Waals surface area contributed by atoms with Gasteiger partial charge in [0.2, 0.25) is 17.8 Å². The van der Waals surface area contributed by atoms with Crippen molar-refractivity contribution in [1.29, 1.82) is 0 Å². The monoisotopic (exact) mass is 258 g/mol. The van der Waals surface area contributed by atoms with Crippen molar-refractivity contribution in [2.75, 3.05) is 5.73 Å². The fourth-order valence-electron chi connectivity index (χ4n) is 2.48. The van der Waals surface area contributed by atoms with Gasteiger partial charge in [-0.05, 0) is 31.0 Å². The van der Waals surface area contributed by atoms with Crippen LogP contribution in [0.4, 0.5) is 5.95 Å². The van der Waals surface area contributed by atoms with Crippen LogP contribution in [0.1, 0.15) is 24.4 Å². The summed E-state index contributed by atoms with van der Waals surface area (Å²) >= 11 is 0. The summed E-state index contributed by atoms with van der Waals surface area (Å²) in [6.45, 7) is 1.97. The molecule has 1 saturated heterocycles. The number of nitrogens with two attached hydrogens (primary N) is 1. The number of anilines is 1. The first-order valence-electron chi connectivity index (χ1n) is 6.14. The number of aromatic nitrogens is 2. The summed E-state index contributed by atoms with van der Waals surface area (Å²) in [5.41, 5.74) is 8.57. The third-order valence-electron chi connectivity index (χ3n) is 3.39. The molecule has 6 nitrogen and oxygen atoms in total. The van der Waals surface area contributed by atoms with Crippen LogP contribution in [0.25, 0.3) is 11.0 Å². The number of nitrogen functional groups attached to an aromatic ring is 1. The van der Waals surface area contributed by atoms with Gasteiger partial charge in [-0.25, -0.2) is 4.98 Å². The first-order chi connectivity index (χ1) is 9.06. The molecule has 0 aliphatic carbocycles. The largest absolute Gasteiger partial charge is 0.369 e. The molecule has 0 radical (unpaired) electrons. The Hall–Kier alpha value is -2.37. The number of hydrogen-bond acceptors (Lipinski definition) is 4. The maximum Gasteiger partial charge on any atom is 0.249 e. The van der Waals surface area contributed by atoms with Gasteiger partial charge < -0.3 is 5.73 Å². The Bertz CT molecular complexity index is 689. The molecule has 3 N–H and O–H groups in total. The van der Waals surface area contributed by atoms with Gasteiger partial charge in [0.1, 0.15) is 6.04 Å². The molecule has 1 aliphatic heterocycles. The fourth-order valence-corrected chi connectivity index (χ4v) is 2.48. The predicted molar refractivity (Wildman–Crippen MR) is 70.3 cm³/mol. The Kier molecular flexibility index (Phi) is 2.51. The average Bonchev–Trinajstić information content (AvgIpc) is 2.65. The lowest BCUT2D eigenvalue weighted by Gasteiger charge is -2.23. The average molecular weight is 258 g/mol. The van der Waals surface area contributed by atoms with Crippen LogP contribution < -0.4 is 11.1 Å². The molecule has 1 atom stereocenters. The number of hydrogen-bond donors (Lipinski definition) is 2. The molecular weight excluding hydrogens is 244 g/mol. The Morgan fingerprint density at radius 2 is 2.21 bits per heavy atom. The molecule has 1 aromatic carbocycles. The first kappa shape index (κ1) is 11.7. The van der Waals surface area contributed by atoms with Crippen LogP contribution in [0.5, 0.6) is 0 Å². The lowest BCUT2D eigenvalue weighted by molar-refractivity contribution is -0.135. The number of nitrogens with zero attached hydrogens (tertiary/aromatic N) is 2. The van der Waals surface area contributed by atoms with E-state index in [0.717, 1.165) is 16.6 Å². The number of piperidine rings is 1. The second kappa shape index (κ2) is 4.08. The zero-order valence-electron chi connectivity index (χ0n) is 10.5. The Morgan fingerprint density at radius 3 is 2.95 bits per heavy atom. The number of aryl methyl sites for hydroxylation is 1. The number of fused-ring (bicyclic) bond motifs is 1. The third kappa shape index (κ3) is 1.85. The van der Waals surface area contributed by atoms with E-state index in [1.54, 1.807) is 4.57 Å². The van der Waals surface area contributed by atoms with Gasteiger partial charge in [0.15, 0.2) is 0 Å². The molecule has 1 aliphatic rings. The van der Waals surface area contributed by atoms with Gasteiger partial charge in [0.25, 0.3) is 0 Å². The van der Waals surface area contributed by atoms with Crippen molar-refractivity contribution in [3.8, 4) is 0 Å². The molecule has 98 valence electrons. The van der Waals surface area contributed by atoms with Crippen LogP contribution in [0.2, 0.25) is 0 Å². The highest BCUT2D eigenvalue weighted by atomic mass is 16.2. The smallest absolute Gasteiger partial charge is 0.249 e. The summed E-state index contributed by atoms with van der Waals surface area (Å²) < 4.78 is 1.71. The zero-order chi connectivity index (χ0) is 13.6. The highest BCUT2D eigenvalue weighted by molar-refractivity contribution is 6.00. The van der Waals surface area contributed by atoms with E-state index in [-0.39, 0.29) is 11.8 Å². The quantitative estimate of drug-likeness (QED) is 0.744. The van der Waals surface area contributed by atoms with E-state index in [4.69, 9.17) is 5.73 Å². The van der Waals surface area contributed by atoms with E-state index in [2.05, 4.69) is 10.3 Å². The van der Waals surface area contributed by atoms with E-state index >= 15 is 0 Å². The summed E-state index contributed by atoms with van der Waals surface area (Å²) in [5, 5.41) is 2.34. The molecule has 19 heavy (non-hydrogen) atoms. The Morgan fingerprint density at radius 1 is 1.42 bits per heavy atom. The van der Waals surface area contributed by atoms with Crippen molar-refractivity contribution in [3.63, 3.8) is 0 Å². The minimum absolute atomic E-state index is 0.236. The minimum atomic E-state index is -0.468.